The summed E-state index contributed by atoms with van der Waals surface area (Å²) in [5.41, 5.74) is 0. The van der Waals surface area contributed by atoms with Crippen LogP contribution in [0.3, 0.4) is 0 Å². The van der Waals surface area contributed by atoms with Crippen molar-refractivity contribution in [1.82, 2.24) is 5.32 Å². The average Bonchev–Trinajstić information content (AvgIpc) is 1.88. The average molecular weight is 165 g/mol. The van der Waals surface area contributed by atoms with E-state index in [4.69, 9.17) is 11.6 Å². The van der Waals surface area contributed by atoms with E-state index in [1.165, 1.54) is 0 Å². The highest BCUT2D eigenvalue weighted by Gasteiger charge is 2.27. The Morgan fingerprint density at radius 1 is 1.70 bits per heavy atom. The molecular weight excluding hydrogens is 156 g/mol. The van der Waals surface area contributed by atoms with Gasteiger partial charge in [-0.1, -0.05) is 0 Å². The molecule has 0 radical (unpaired) electrons. The molecule has 1 saturated heterocycles. The molecule has 1 aliphatic heterocycles. The molecule has 1 aliphatic rings. The van der Waals surface area contributed by atoms with Crippen molar-refractivity contribution in [2.45, 2.75) is 24.4 Å². The number of alkyl halides is 1. The van der Waals surface area contributed by atoms with Gasteiger partial charge >= 0.3 is 0 Å². The number of nitrogens with one attached hydrogen (secondary N) is 1. The van der Waals surface area contributed by atoms with Gasteiger partial charge in [0.15, 0.2) is 0 Å². The Morgan fingerprint density at radius 3 is 2.80 bits per heavy atom. The van der Waals surface area contributed by atoms with Crippen LogP contribution in [0.1, 0.15) is 12.8 Å². The van der Waals surface area contributed by atoms with Gasteiger partial charge in [0, 0.05) is 23.3 Å². The lowest BCUT2D eigenvalue weighted by Crippen LogP contribution is -2.43. The van der Waals surface area contributed by atoms with Gasteiger partial charge in [0.2, 0.25) is 0 Å². The second kappa shape index (κ2) is 3.16. The van der Waals surface area contributed by atoms with Crippen molar-refractivity contribution >= 4 is 11.6 Å². The van der Waals surface area contributed by atoms with Crippen LogP contribution in [-0.2, 0) is 0 Å². The molecule has 0 aromatic rings. The molecule has 2 unspecified atom stereocenters. The summed E-state index contributed by atoms with van der Waals surface area (Å²) >= 11 is 5.71. The third-order valence-electron chi connectivity index (χ3n) is 1.57. The summed E-state index contributed by atoms with van der Waals surface area (Å²) in [4.78, 5) is 9.86. The topological polar surface area (TPSA) is 55.2 Å². The predicted octanol–water partition coefficient (Wildman–Crippen LogP) is 0.580. The van der Waals surface area contributed by atoms with Gasteiger partial charge in [0.1, 0.15) is 0 Å². The fourth-order valence-corrected chi connectivity index (χ4v) is 1.29. The molecule has 5 heteroatoms. The van der Waals surface area contributed by atoms with E-state index in [1.807, 2.05) is 0 Å². The summed E-state index contributed by atoms with van der Waals surface area (Å²) in [6.45, 7) is 0.653. The van der Waals surface area contributed by atoms with Crippen LogP contribution < -0.4 is 5.32 Å². The number of nitrogens with zero attached hydrogens (tertiary/aromatic N) is 1. The van der Waals surface area contributed by atoms with Gasteiger partial charge in [-0.2, -0.15) is 0 Å². The normalized spacial score (nSPS) is 33.7. The minimum atomic E-state index is -0.628. The Bertz CT molecular complexity index is 142. The second-order valence-corrected chi connectivity index (χ2v) is 2.99. The van der Waals surface area contributed by atoms with E-state index >= 15 is 0 Å². The molecule has 0 aromatic heterocycles. The fraction of sp³-hybridized carbons (Fsp3) is 1.00. The Hall–Kier alpha value is -0.350. The third kappa shape index (κ3) is 1.82. The van der Waals surface area contributed by atoms with Crippen molar-refractivity contribution in [3.63, 3.8) is 0 Å². The van der Waals surface area contributed by atoms with Crippen molar-refractivity contribution in [3.8, 4) is 0 Å². The Morgan fingerprint density at radius 2 is 2.40 bits per heavy atom. The van der Waals surface area contributed by atoms with Crippen LogP contribution in [0.4, 0.5) is 0 Å². The molecule has 0 aromatic carbocycles. The van der Waals surface area contributed by atoms with Crippen molar-refractivity contribution in [3.05, 3.63) is 10.1 Å². The summed E-state index contributed by atoms with van der Waals surface area (Å²) in [6, 6.07) is 0. The van der Waals surface area contributed by atoms with Gasteiger partial charge in [0.05, 0.1) is 0 Å². The molecule has 1 fully saturated rings. The van der Waals surface area contributed by atoms with Crippen molar-refractivity contribution in [2.75, 3.05) is 6.54 Å². The van der Waals surface area contributed by atoms with Gasteiger partial charge in [-0.3, -0.25) is 15.4 Å². The zero-order valence-electron chi connectivity index (χ0n) is 5.42. The smallest absolute Gasteiger partial charge is 0.263 e. The first-order valence-corrected chi connectivity index (χ1v) is 3.64. The van der Waals surface area contributed by atoms with Gasteiger partial charge in [-0.15, -0.1) is 11.6 Å². The summed E-state index contributed by atoms with van der Waals surface area (Å²) in [5.74, 6) is 0. The van der Waals surface area contributed by atoms with E-state index in [1.54, 1.807) is 0 Å². The highest BCUT2D eigenvalue weighted by Crippen LogP contribution is 2.14. The van der Waals surface area contributed by atoms with E-state index < -0.39 is 6.17 Å². The van der Waals surface area contributed by atoms with Crippen molar-refractivity contribution in [1.29, 1.82) is 0 Å². The number of hydrogen-bond donors (Lipinski definition) is 1. The molecule has 10 heavy (non-hydrogen) atoms. The molecule has 1 N–H and O–H groups in total. The number of nitro groups is 1. The molecule has 1 heterocycles. The molecule has 1 rings (SSSR count). The van der Waals surface area contributed by atoms with E-state index in [2.05, 4.69) is 5.32 Å². The van der Waals surface area contributed by atoms with E-state index in [0.717, 1.165) is 6.42 Å². The number of halogens is 1. The van der Waals surface area contributed by atoms with Gasteiger partial charge in [0.25, 0.3) is 6.17 Å². The second-order valence-electron chi connectivity index (χ2n) is 2.38. The highest BCUT2D eigenvalue weighted by molar-refractivity contribution is 6.20. The van der Waals surface area contributed by atoms with Crippen LogP contribution >= 0.6 is 11.6 Å². The van der Waals surface area contributed by atoms with Crippen molar-refractivity contribution in [2.24, 2.45) is 0 Å². The van der Waals surface area contributed by atoms with E-state index in [0.29, 0.717) is 13.0 Å². The third-order valence-corrected chi connectivity index (χ3v) is 1.97. The summed E-state index contributed by atoms with van der Waals surface area (Å²) < 4.78 is 0. The standard InChI is InChI=1S/C5H9ClN2O2/c6-4-1-2-7-5(3-4)8(9)10/h4-5,7H,1-3H2. The molecule has 0 amide bonds. The summed E-state index contributed by atoms with van der Waals surface area (Å²) in [6.07, 6.45) is 0.636. The Kier molecular flexibility index (Phi) is 2.45. The predicted molar refractivity (Wildman–Crippen MR) is 37.7 cm³/mol. The maximum absolute atomic E-state index is 10.2. The highest BCUT2D eigenvalue weighted by atomic mass is 35.5. The molecule has 4 nitrogen and oxygen atoms in total. The number of rotatable bonds is 1. The van der Waals surface area contributed by atoms with Gasteiger partial charge in [-0.05, 0) is 6.42 Å². The van der Waals surface area contributed by atoms with Crippen LogP contribution in [0.5, 0.6) is 0 Å². The molecule has 58 valence electrons. The van der Waals surface area contributed by atoms with E-state index in [-0.39, 0.29) is 10.3 Å². The van der Waals surface area contributed by atoms with Gasteiger partial charge < -0.3 is 0 Å². The van der Waals surface area contributed by atoms with Crippen LogP contribution in [0.2, 0.25) is 0 Å². The van der Waals surface area contributed by atoms with Crippen LogP contribution in [0.15, 0.2) is 0 Å². The quantitative estimate of drug-likeness (QED) is 0.351. The maximum atomic E-state index is 10.2. The molecular formula is C5H9ClN2O2. The monoisotopic (exact) mass is 164 g/mol. The first kappa shape index (κ1) is 7.75. The lowest BCUT2D eigenvalue weighted by atomic mass is 10.1. The molecule has 2 atom stereocenters. The van der Waals surface area contributed by atoms with Crippen LogP contribution in [0.25, 0.3) is 0 Å². The summed E-state index contributed by atoms with van der Waals surface area (Å²) in [7, 11) is 0. The summed E-state index contributed by atoms with van der Waals surface area (Å²) in [5, 5.41) is 12.9. The molecule has 0 spiro atoms. The maximum Gasteiger partial charge on any atom is 0.267 e. The molecule has 0 bridgehead atoms. The molecule has 0 aliphatic carbocycles. The lowest BCUT2D eigenvalue weighted by molar-refractivity contribution is -0.531. The van der Waals surface area contributed by atoms with Crippen LogP contribution in [0, 0.1) is 10.1 Å². The lowest BCUT2D eigenvalue weighted by Gasteiger charge is -2.20. The Balaban J connectivity index is 2.39. The minimum absolute atomic E-state index is 0.0309. The Labute approximate surface area is 63.7 Å². The zero-order chi connectivity index (χ0) is 7.56. The molecule has 0 saturated carbocycles. The fourth-order valence-electron chi connectivity index (χ4n) is 1.01. The van der Waals surface area contributed by atoms with E-state index in [9.17, 15) is 10.1 Å². The zero-order valence-corrected chi connectivity index (χ0v) is 6.17. The van der Waals surface area contributed by atoms with Gasteiger partial charge in [-0.25, -0.2) is 0 Å². The first-order valence-electron chi connectivity index (χ1n) is 3.21. The minimum Gasteiger partial charge on any atom is -0.263 e. The SMILES string of the molecule is O=[N+]([O-])C1CC(Cl)CCN1. The van der Waals surface area contributed by atoms with Crippen LogP contribution in [-0.4, -0.2) is 23.0 Å². The van der Waals surface area contributed by atoms with Crippen molar-refractivity contribution < 1.29 is 4.92 Å². The number of piperidine rings is 1. The first-order chi connectivity index (χ1) is 4.70. The number of hydrogen-bond acceptors (Lipinski definition) is 3. The largest absolute Gasteiger partial charge is 0.267 e.